The van der Waals surface area contributed by atoms with Crippen LogP contribution in [0.3, 0.4) is 0 Å². The molecule has 1 atom stereocenters. The molecule has 1 saturated heterocycles. The number of nitrogens with one attached hydrogen (secondary N) is 1. The highest BCUT2D eigenvalue weighted by Gasteiger charge is 2.26. The smallest absolute Gasteiger partial charge is 0.161 e. The standard InChI is InChI=1S/C19H23BrN2O2/c1-23-17-12-15(16(20)13-18(17)24-2)19(14-6-4-3-5-7-14)22-10-8-21-9-11-22/h3-7,12-13,19,21H,8-11H2,1-2H3. The molecule has 0 saturated carbocycles. The lowest BCUT2D eigenvalue weighted by atomic mass is 9.96. The minimum atomic E-state index is 0.183. The molecule has 2 aromatic carbocycles. The minimum absolute atomic E-state index is 0.183. The highest BCUT2D eigenvalue weighted by molar-refractivity contribution is 9.10. The van der Waals surface area contributed by atoms with Crippen LogP contribution in [0.15, 0.2) is 46.9 Å². The van der Waals surface area contributed by atoms with Gasteiger partial charge in [-0.05, 0) is 23.3 Å². The lowest BCUT2D eigenvalue weighted by Crippen LogP contribution is -2.45. The van der Waals surface area contributed by atoms with Gasteiger partial charge in [-0.25, -0.2) is 0 Å². The lowest BCUT2D eigenvalue weighted by molar-refractivity contribution is 0.197. The summed E-state index contributed by atoms with van der Waals surface area (Å²) in [4.78, 5) is 2.51. The molecule has 1 aliphatic rings. The van der Waals surface area contributed by atoms with Crippen molar-refractivity contribution in [3.63, 3.8) is 0 Å². The molecule has 0 amide bonds. The Hall–Kier alpha value is -1.56. The molecule has 1 aliphatic heterocycles. The van der Waals surface area contributed by atoms with Gasteiger partial charge >= 0.3 is 0 Å². The van der Waals surface area contributed by atoms with Gasteiger partial charge in [-0.3, -0.25) is 4.90 Å². The molecule has 128 valence electrons. The maximum atomic E-state index is 5.53. The van der Waals surface area contributed by atoms with Crippen LogP contribution < -0.4 is 14.8 Å². The van der Waals surface area contributed by atoms with Gasteiger partial charge < -0.3 is 14.8 Å². The van der Waals surface area contributed by atoms with Gasteiger partial charge in [-0.1, -0.05) is 46.3 Å². The van der Waals surface area contributed by atoms with E-state index in [1.165, 1.54) is 11.1 Å². The number of rotatable bonds is 5. The van der Waals surface area contributed by atoms with Gasteiger partial charge in [0.2, 0.25) is 0 Å². The van der Waals surface area contributed by atoms with E-state index in [4.69, 9.17) is 9.47 Å². The molecule has 5 heteroatoms. The maximum Gasteiger partial charge on any atom is 0.161 e. The largest absolute Gasteiger partial charge is 0.493 e. The molecule has 0 bridgehead atoms. The van der Waals surface area contributed by atoms with Gasteiger partial charge in [-0.15, -0.1) is 0 Å². The second-order valence-corrected chi connectivity index (χ2v) is 6.68. The Morgan fingerprint density at radius 3 is 2.25 bits per heavy atom. The van der Waals surface area contributed by atoms with Gasteiger partial charge in [0.1, 0.15) is 0 Å². The van der Waals surface area contributed by atoms with Crippen LogP contribution in [0.25, 0.3) is 0 Å². The highest BCUT2D eigenvalue weighted by atomic mass is 79.9. The van der Waals surface area contributed by atoms with Crippen LogP contribution in [0.5, 0.6) is 11.5 Å². The van der Waals surface area contributed by atoms with Crippen molar-refractivity contribution in [2.24, 2.45) is 0 Å². The van der Waals surface area contributed by atoms with Crippen molar-refractivity contribution in [2.75, 3.05) is 40.4 Å². The van der Waals surface area contributed by atoms with E-state index in [0.717, 1.165) is 42.2 Å². The van der Waals surface area contributed by atoms with Crippen molar-refractivity contribution in [3.8, 4) is 11.5 Å². The van der Waals surface area contributed by atoms with Crippen molar-refractivity contribution >= 4 is 15.9 Å². The van der Waals surface area contributed by atoms with Gasteiger partial charge in [0.05, 0.1) is 20.3 Å². The summed E-state index contributed by atoms with van der Waals surface area (Å²) in [5.74, 6) is 1.49. The number of nitrogens with zero attached hydrogens (tertiary/aromatic N) is 1. The topological polar surface area (TPSA) is 33.7 Å². The number of ether oxygens (including phenoxy) is 2. The Morgan fingerprint density at radius 2 is 1.62 bits per heavy atom. The number of hydrogen-bond acceptors (Lipinski definition) is 4. The van der Waals surface area contributed by atoms with Gasteiger partial charge in [-0.2, -0.15) is 0 Å². The summed E-state index contributed by atoms with van der Waals surface area (Å²) in [6.07, 6.45) is 0. The van der Waals surface area contributed by atoms with Crippen LogP contribution in [0, 0.1) is 0 Å². The third kappa shape index (κ3) is 3.58. The lowest BCUT2D eigenvalue weighted by Gasteiger charge is -2.36. The highest BCUT2D eigenvalue weighted by Crippen LogP contribution is 2.40. The molecule has 1 fully saturated rings. The third-order valence-corrected chi connectivity index (χ3v) is 5.12. The minimum Gasteiger partial charge on any atom is -0.493 e. The molecule has 4 nitrogen and oxygen atoms in total. The average molecular weight is 391 g/mol. The van der Waals surface area contributed by atoms with Crippen molar-refractivity contribution in [1.82, 2.24) is 10.2 Å². The molecule has 1 heterocycles. The summed E-state index contributed by atoms with van der Waals surface area (Å²) in [6, 6.07) is 14.9. The van der Waals surface area contributed by atoms with E-state index < -0.39 is 0 Å². The quantitative estimate of drug-likeness (QED) is 0.847. The van der Waals surface area contributed by atoms with Crippen LogP contribution in [-0.4, -0.2) is 45.3 Å². The van der Waals surface area contributed by atoms with E-state index >= 15 is 0 Å². The average Bonchev–Trinajstić information content (AvgIpc) is 2.64. The van der Waals surface area contributed by atoms with Crippen LogP contribution in [-0.2, 0) is 0 Å². The first-order chi connectivity index (χ1) is 11.7. The van der Waals surface area contributed by atoms with E-state index in [1.807, 2.05) is 6.07 Å². The Bertz CT molecular complexity index is 673. The van der Waals surface area contributed by atoms with Crippen molar-refractivity contribution in [3.05, 3.63) is 58.1 Å². The van der Waals surface area contributed by atoms with Crippen molar-refractivity contribution in [2.45, 2.75) is 6.04 Å². The third-order valence-electron chi connectivity index (χ3n) is 4.43. The molecule has 1 N–H and O–H groups in total. The van der Waals surface area contributed by atoms with Crippen LogP contribution in [0.4, 0.5) is 0 Å². The first-order valence-corrected chi connectivity index (χ1v) is 8.95. The zero-order chi connectivity index (χ0) is 16.9. The second-order valence-electron chi connectivity index (χ2n) is 5.83. The predicted molar refractivity (Wildman–Crippen MR) is 100.0 cm³/mol. The fourth-order valence-electron chi connectivity index (χ4n) is 3.24. The molecule has 0 spiro atoms. The van der Waals surface area contributed by atoms with Crippen molar-refractivity contribution < 1.29 is 9.47 Å². The number of benzene rings is 2. The zero-order valence-electron chi connectivity index (χ0n) is 14.1. The van der Waals surface area contributed by atoms with Gasteiger partial charge in [0, 0.05) is 30.7 Å². The first-order valence-electron chi connectivity index (χ1n) is 8.15. The summed E-state index contributed by atoms with van der Waals surface area (Å²) < 4.78 is 12.0. The summed E-state index contributed by atoms with van der Waals surface area (Å²) in [7, 11) is 3.34. The summed E-state index contributed by atoms with van der Waals surface area (Å²) in [5, 5.41) is 3.43. The van der Waals surface area contributed by atoms with Gasteiger partial charge in [0.15, 0.2) is 11.5 Å². The molecular formula is C19H23BrN2O2. The molecule has 2 aromatic rings. The van der Waals surface area contributed by atoms with E-state index in [0.29, 0.717) is 0 Å². The summed E-state index contributed by atoms with van der Waals surface area (Å²) in [6.45, 7) is 4.04. The Balaban J connectivity index is 2.08. The first kappa shape index (κ1) is 17.3. The van der Waals surface area contributed by atoms with E-state index in [9.17, 15) is 0 Å². The molecule has 0 radical (unpaired) electrons. The monoisotopic (exact) mass is 390 g/mol. The SMILES string of the molecule is COc1cc(Br)c(C(c2ccccc2)N2CCNCC2)cc1OC. The zero-order valence-corrected chi connectivity index (χ0v) is 15.7. The fraction of sp³-hybridized carbons (Fsp3) is 0.368. The summed E-state index contributed by atoms with van der Waals surface area (Å²) in [5.41, 5.74) is 2.48. The summed E-state index contributed by atoms with van der Waals surface area (Å²) >= 11 is 3.74. The molecule has 24 heavy (non-hydrogen) atoms. The molecule has 1 unspecified atom stereocenters. The maximum absolute atomic E-state index is 5.53. The molecule has 0 aromatic heterocycles. The predicted octanol–water partition coefficient (Wildman–Crippen LogP) is 3.46. The number of piperazine rings is 1. The molecule has 3 rings (SSSR count). The van der Waals surface area contributed by atoms with E-state index in [-0.39, 0.29) is 6.04 Å². The Labute approximate surface area is 151 Å². The van der Waals surface area contributed by atoms with E-state index in [1.54, 1.807) is 14.2 Å². The van der Waals surface area contributed by atoms with Crippen LogP contribution in [0.1, 0.15) is 17.2 Å². The number of halogens is 1. The fourth-order valence-corrected chi connectivity index (χ4v) is 3.78. The normalized spacial score (nSPS) is 16.6. The van der Waals surface area contributed by atoms with E-state index in [2.05, 4.69) is 62.5 Å². The number of hydrogen-bond donors (Lipinski definition) is 1. The van der Waals surface area contributed by atoms with Crippen LogP contribution in [0.2, 0.25) is 0 Å². The number of methoxy groups -OCH3 is 2. The second kappa shape index (κ2) is 8.01. The van der Waals surface area contributed by atoms with Crippen LogP contribution >= 0.6 is 15.9 Å². The van der Waals surface area contributed by atoms with Crippen molar-refractivity contribution in [1.29, 1.82) is 0 Å². The van der Waals surface area contributed by atoms with Gasteiger partial charge in [0.25, 0.3) is 0 Å². The Kier molecular flexibility index (Phi) is 5.76. The molecular weight excluding hydrogens is 368 g/mol. The Morgan fingerprint density at radius 1 is 1.00 bits per heavy atom. The molecule has 0 aliphatic carbocycles.